The third-order valence-electron chi connectivity index (χ3n) is 4.89. The second-order valence-corrected chi connectivity index (χ2v) is 8.25. The van der Waals surface area contributed by atoms with Crippen molar-refractivity contribution in [1.82, 2.24) is 14.7 Å². The minimum atomic E-state index is 0.333. The molecule has 112 valence electrons. The van der Waals surface area contributed by atoms with E-state index in [9.17, 15) is 0 Å². The van der Waals surface area contributed by atoms with E-state index < -0.39 is 0 Å². The van der Waals surface area contributed by atoms with Crippen molar-refractivity contribution in [3.8, 4) is 0 Å². The Hall–Kier alpha value is -0.120. The monoisotopic (exact) mass is 267 g/mol. The Kier molecular flexibility index (Phi) is 4.29. The fraction of sp³-hybridized carbons (Fsp3) is 1.00. The van der Waals surface area contributed by atoms with Gasteiger partial charge in [0.2, 0.25) is 0 Å². The summed E-state index contributed by atoms with van der Waals surface area (Å²) in [7, 11) is 0. The van der Waals surface area contributed by atoms with Crippen LogP contribution in [-0.4, -0.2) is 71.1 Å². The molecule has 0 bridgehead atoms. The van der Waals surface area contributed by atoms with Crippen molar-refractivity contribution in [1.29, 1.82) is 0 Å². The molecular weight excluding hydrogens is 234 g/mol. The lowest BCUT2D eigenvalue weighted by molar-refractivity contribution is 0.0408. The van der Waals surface area contributed by atoms with Crippen LogP contribution in [0.1, 0.15) is 48.0 Å². The van der Waals surface area contributed by atoms with Gasteiger partial charge in [0.1, 0.15) is 0 Å². The molecule has 2 fully saturated rings. The van der Waals surface area contributed by atoms with Gasteiger partial charge in [0.05, 0.1) is 0 Å². The summed E-state index contributed by atoms with van der Waals surface area (Å²) in [5, 5.41) is 0. The van der Waals surface area contributed by atoms with Crippen molar-refractivity contribution in [3.63, 3.8) is 0 Å². The van der Waals surface area contributed by atoms with E-state index in [1.165, 1.54) is 45.7 Å². The summed E-state index contributed by atoms with van der Waals surface area (Å²) in [5.41, 5.74) is 0.668. The first kappa shape index (κ1) is 15.3. The standard InChI is InChI=1S/C16H33N3/c1-15(2,3)18-11-9-17(10-12-18)14-7-8-19(13-14)16(4,5)6/h14H,7-13H2,1-6H3/t14-/m0/s1. The molecule has 19 heavy (non-hydrogen) atoms. The fourth-order valence-corrected chi connectivity index (χ4v) is 3.41. The summed E-state index contributed by atoms with van der Waals surface area (Å²) in [6, 6.07) is 0.793. The van der Waals surface area contributed by atoms with Gasteiger partial charge in [-0.25, -0.2) is 0 Å². The second-order valence-electron chi connectivity index (χ2n) is 8.25. The zero-order valence-corrected chi connectivity index (χ0v) is 13.9. The first-order chi connectivity index (χ1) is 8.68. The smallest absolute Gasteiger partial charge is 0.0236 e. The van der Waals surface area contributed by atoms with E-state index in [4.69, 9.17) is 0 Å². The maximum absolute atomic E-state index is 2.73. The van der Waals surface area contributed by atoms with Crippen molar-refractivity contribution in [2.75, 3.05) is 39.3 Å². The zero-order valence-electron chi connectivity index (χ0n) is 13.9. The first-order valence-electron chi connectivity index (χ1n) is 7.92. The van der Waals surface area contributed by atoms with Crippen LogP contribution in [0.4, 0.5) is 0 Å². The highest BCUT2D eigenvalue weighted by Crippen LogP contribution is 2.25. The summed E-state index contributed by atoms with van der Waals surface area (Å²) in [4.78, 5) is 8.00. The molecule has 0 unspecified atom stereocenters. The highest BCUT2D eigenvalue weighted by molar-refractivity contribution is 4.92. The molecule has 0 spiro atoms. The molecule has 2 aliphatic rings. The number of nitrogens with zero attached hydrogens (tertiary/aromatic N) is 3. The molecule has 0 aromatic rings. The maximum Gasteiger partial charge on any atom is 0.0236 e. The lowest BCUT2D eigenvalue weighted by atomic mass is 10.0. The number of hydrogen-bond donors (Lipinski definition) is 0. The van der Waals surface area contributed by atoms with Crippen molar-refractivity contribution >= 4 is 0 Å². The van der Waals surface area contributed by atoms with Gasteiger partial charge in [-0.15, -0.1) is 0 Å². The third kappa shape index (κ3) is 3.71. The van der Waals surface area contributed by atoms with Crippen LogP contribution in [0.3, 0.4) is 0 Å². The van der Waals surface area contributed by atoms with Crippen LogP contribution in [0.2, 0.25) is 0 Å². The predicted octanol–water partition coefficient (Wildman–Crippen LogP) is 2.28. The van der Waals surface area contributed by atoms with Gasteiger partial charge in [0.25, 0.3) is 0 Å². The van der Waals surface area contributed by atoms with Gasteiger partial charge in [0.15, 0.2) is 0 Å². The lowest BCUT2D eigenvalue weighted by Gasteiger charge is -2.44. The molecule has 2 aliphatic heterocycles. The van der Waals surface area contributed by atoms with Gasteiger partial charge in [-0.2, -0.15) is 0 Å². The molecule has 0 aromatic heterocycles. The average Bonchev–Trinajstić information content (AvgIpc) is 2.77. The quantitative estimate of drug-likeness (QED) is 0.722. The molecule has 0 saturated carbocycles. The molecule has 0 radical (unpaired) electrons. The van der Waals surface area contributed by atoms with Crippen LogP contribution in [0.15, 0.2) is 0 Å². The molecule has 0 aliphatic carbocycles. The van der Waals surface area contributed by atoms with E-state index in [2.05, 4.69) is 56.2 Å². The van der Waals surface area contributed by atoms with Crippen LogP contribution in [-0.2, 0) is 0 Å². The Morgan fingerprint density at radius 3 is 1.63 bits per heavy atom. The largest absolute Gasteiger partial charge is 0.297 e. The summed E-state index contributed by atoms with van der Waals surface area (Å²) in [5.74, 6) is 0. The topological polar surface area (TPSA) is 9.72 Å². The number of likely N-dealkylation sites (tertiary alicyclic amines) is 1. The summed E-state index contributed by atoms with van der Waals surface area (Å²) < 4.78 is 0. The molecule has 1 atom stereocenters. The molecule has 3 nitrogen and oxygen atoms in total. The SMILES string of the molecule is CC(C)(C)N1CCN([C@H]2CCN(C(C)(C)C)C2)CC1. The summed E-state index contributed by atoms with van der Waals surface area (Å²) in [6.45, 7) is 21.5. The van der Waals surface area contributed by atoms with Gasteiger partial charge >= 0.3 is 0 Å². The number of rotatable bonds is 1. The molecule has 0 N–H and O–H groups in total. The van der Waals surface area contributed by atoms with E-state index in [0.717, 1.165) is 6.04 Å². The van der Waals surface area contributed by atoms with Crippen LogP contribution < -0.4 is 0 Å². The maximum atomic E-state index is 2.73. The van der Waals surface area contributed by atoms with Crippen LogP contribution in [0.25, 0.3) is 0 Å². The Labute approximate surface area is 119 Å². The number of hydrogen-bond acceptors (Lipinski definition) is 3. The fourth-order valence-electron chi connectivity index (χ4n) is 3.41. The van der Waals surface area contributed by atoms with Gasteiger partial charge in [-0.3, -0.25) is 14.7 Å². The third-order valence-corrected chi connectivity index (χ3v) is 4.89. The molecule has 0 amide bonds. The molecular formula is C16H33N3. The van der Waals surface area contributed by atoms with E-state index in [1.54, 1.807) is 0 Å². The van der Waals surface area contributed by atoms with E-state index in [-0.39, 0.29) is 0 Å². The van der Waals surface area contributed by atoms with Gasteiger partial charge in [0, 0.05) is 56.4 Å². The zero-order chi connectivity index (χ0) is 14.3. The number of piperazine rings is 1. The minimum absolute atomic E-state index is 0.333. The molecule has 2 saturated heterocycles. The van der Waals surface area contributed by atoms with E-state index in [1.807, 2.05) is 0 Å². The molecule has 0 aromatic carbocycles. The van der Waals surface area contributed by atoms with Crippen molar-refractivity contribution < 1.29 is 0 Å². The molecule has 3 heteroatoms. The Morgan fingerprint density at radius 2 is 1.21 bits per heavy atom. The predicted molar refractivity (Wildman–Crippen MR) is 82.6 cm³/mol. The Balaban J connectivity index is 1.83. The molecule has 2 rings (SSSR count). The highest BCUT2D eigenvalue weighted by atomic mass is 15.3. The van der Waals surface area contributed by atoms with Crippen LogP contribution in [0.5, 0.6) is 0 Å². The second kappa shape index (κ2) is 5.34. The van der Waals surface area contributed by atoms with Crippen LogP contribution >= 0.6 is 0 Å². The van der Waals surface area contributed by atoms with Crippen molar-refractivity contribution in [2.24, 2.45) is 0 Å². The average molecular weight is 267 g/mol. The highest BCUT2D eigenvalue weighted by Gasteiger charge is 2.35. The normalized spacial score (nSPS) is 29.1. The van der Waals surface area contributed by atoms with Gasteiger partial charge in [-0.1, -0.05) is 0 Å². The van der Waals surface area contributed by atoms with E-state index >= 15 is 0 Å². The first-order valence-corrected chi connectivity index (χ1v) is 7.92. The van der Waals surface area contributed by atoms with Crippen LogP contribution in [0, 0.1) is 0 Å². The minimum Gasteiger partial charge on any atom is -0.297 e. The summed E-state index contributed by atoms with van der Waals surface area (Å²) in [6.07, 6.45) is 1.35. The Bertz CT molecular complexity index is 292. The van der Waals surface area contributed by atoms with E-state index in [0.29, 0.717) is 11.1 Å². The lowest BCUT2D eigenvalue weighted by Crippen LogP contribution is -2.56. The molecule has 2 heterocycles. The van der Waals surface area contributed by atoms with Crippen molar-refractivity contribution in [2.45, 2.75) is 65.1 Å². The van der Waals surface area contributed by atoms with Gasteiger partial charge in [-0.05, 0) is 48.0 Å². The van der Waals surface area contributed by atoms with Crippen molar-refractivity contribution in [3.05, 3.63) is 0 Å². The van der Waals surface area contributed by atoms with Gasteiger partial charge < -0.3 is 0 Å². The summed E-state index contributed by atoms with van der Waals surface area (Å²) >= 11 is 0. The Morgan fingerprint density at radius 1 is 0.684 bits per heavy atom.